The van der Waals surface area contributed by atoms with Gasteiger partial charge >= 0.3 is 0 Å². The molecule has 1 aromatic rings. The van der Waals surface area contributed by atoms with Crippen LogP contribution in [0.2, 0.25) is 0 Å². The fourth-order valence-electron chi connectivity index (χ4n) is 3.25. The quantitative estimate of drug-likeness (QED) is 0.909. The highest BCUT2D eigenvalue weighted by Crippen LogP contribution is 2.21. The third-order valence-corrected chi connectivity index (χ3v) is 4.46. The minimum atomic E-state index is 0.156. The van der Waals surface area contributed by atoms with Gasteiger partial charge in [0.2, 0.25) is 5.91 Å². The van der Waals surface area contributed by atoms with Crippen LogP contribution in [0.5, 0.6) is 0 Å². The average molecular weight is 303 g/mol. The van der Waals surface area contributed by atoms with Crippen molar-refractivity contribution < 1.29 is 4.79 Å². The van der Waals surface area contributed by atoms with Crippen molar-refractivity contribution in [1.82, 2.24) is 4.90 Å². The van der Waals surface area contributed by atoms with Crippen LogP contribution >= 0.6 is 0 Å². The van der Waals surface area contributed by atoms with Gasteiger partial charge in [0.15, 0.2) is 0 Å². The summed E-state index contributed by atoms with van der Waals surface area (Å²) in [5.74, 6) is 0.678. The molecule has 2 rings (SSSR count). The van der Waals surface area contributed by atoms with E-state index < -0.39 is 0 Å². The van der Waals surface area contributed by atoms with E-state index in [-0.39, 0.29) is 18.0 Å². The predicted molar refractivity (Wildman–Crippen MR) is 91.9 cm³/mol. The van der Waals surface area contributed by atoms with Crippen LogP contribution in [0, 0.1) is 5.92 Å². The maximum absolute atomic E-state index is 12.8. The number of anilines is 1. The summed E-state index contributed by atoms with van der Waals surface area (Å²) in [4.78, 5) is 16.9. The summed E-state index contributed by atoms with van der Waals surface area (Å²) in [7, 11) is 0. The lowest BCUT2D eigenvalue weighted by Crippen LogP contribution is -2.48. The summed E-state index contributed by atoms with van der Waals surface area (Å²) in [5.41, 5.74) is 7.01. The molecule has 22 heavy (non-hydrogen) atoms. The van der Waals surface area contributed by atoms with E-state index in [0.717, 1.165) is 25.2 Å². The number of rotatable bonds is 5. The molecule has 1 heterocycles. The Hall–Kier alpha value is -1.39. The number of likely N-dealkylation sites (tertiary alicyclic amines) is 1. The van der Waals surface area contributed by atoms with Gasteiger partial charge in [-0.15, -0.1) is 0 Å². The lowest BCUT2D eigenvalue weighted by Gasteiger charge is -2.36. The predicted octanol–water partition coefficient (Wildman–Crippen LogP) is 2.49. The van der Waals surface area contributed by atoms with E-state index >= 15 is 0 Å². The third-order valence-electron chi connectivity index (χ3n) is 4.46. The number of piperidine rings is 1. The van der Waals surface area contributed by atoms with Crippen LogP contribution in [-0.2, 0) is 4.79 Å². The zero-order valence-electron chi connectivity index (χ0n) is 14.0. The molecule has 0 spiro atoms. The average Bonchev–Trinajstić information content (AvgIpc) is 2.48. The largest absolute Gasteiger partial charge is 0.328 e. The molecule has 0 bridgehead atoms. The molecule has 0 radical (unpaired) electrons. The molecule has 0 saturated carbocycles. The standard InChI is InChI=1S/C18H29N3O/c1-14(2)21(17-9-5-4-6-10-17)18(22)13-20-11-7-8-16(12-20)15(3)19/h4-6,9-10,14-16H,7-8,11-13,19H2,1-3H3. The molecule has 1 amide bonds. The summed E-state index contributed by atoms with van der Waals surface area (Å²) < 4.78 is 0. The lowest BCUT2D eigenvalue weighted by atomic mass is 9.92. The fourth-order valence-corrected chi connectivity index (χ4v) is 3.25. The Morgan fingerprint density at radius 2 is 2.00 bits per heavy atom. The summed E-state index contributed by atoms with van der Waals surface area (Å²) in [6, 6.07) is 10.3. The molecule has 1 aromatic carbocycles. The summed E-state index contributed by atoms with van der Waals surface area (Å²) in [6.45, 7) is 8.61. The Morgan fingerprint density at radius 3 is 2.59 bits per heavy atom. The van der Waals surface area contributed by atoms with E-state index in [4.69, 9.17) is 5.73 Å². The minimum Gasteiger partial charge on any atom is -0.328 e. The lowest BCUT2D eigenvalue weighted by molar-refractivity contribution is -0.120. The SMILES string of the molecule is CC(N)C1CCCN(CC(=O)N(c2ccccc2)C(C)C)C1. The topological polar surface area (TPSA) is 49.6 Å². The number of hydrogen-bond donors (Lipinski definition) is 1. The van der Waals surface area contributed by atoms with Gasteiger partial charge in [-0.2, -0.15) is 0 Å². The highest BCUT2D eigenvalue weighted by Gasteiger charge is 2.26. The first-order chi connectivity index (χ1) is 10.5. The van der Waals surface area contributed by atoms with Crippen LogP contribution in [0.25, 0.3) is 0 Å². The van der Waals surface area contributed by atoms with Crippen LogP contribution in [-0.4, -0.2) is 42.5 Å². The molecule has 4 nitrogen and oxygen atoms in total. The third kappa shape index (κ3) is 4.31. The van der Waals surface area contributed by atoms with Crippen LogP contribution in [0.1, 0.15) is 33.6 Å². The molecule has 2 atom stereocenters. The van der Waals surface area contributed by atoms with E-state index in [1.165, 1.54) is 6.42 Å². The number of benzene rings is 1. The van der Waals surface area contributed by atoms with E-state index in [2.05, 4.69) is 25.7 Å². The number of hydrogen-bond acceptors (Lipinski definition) is 3. The van der Waals surface area contributed by atoms with Crippen molar-refractivity contribution in [2.75, 3.05) is 24.5 Å². The molecule has 1 aliphatic rings. The van der Waals surface area contributed by atoms with Crippen molar-refractivity contribution in [3.63, 3.8) is 0 Å². The molecule has 4 heteroatoms. The summed E-state index contributed by atoms with van der Waals surface area (Å²) in [5, 5.41) is 0. The molecule has 122 valence electrons. The Balaban J connectivity index is 2.03. The molecular weight excluding hydrogens is 274 g/mol. The molecule has 1 aliphatic heterocycles. The van der Waals surface area contributed by atoms with Crippen molar-refractivity contribution in [1.29, 1.82) is 0 Å². The Kier molecular flexibility index (Phi) is 5.98. The van der Waals surface area contributed by atoms with Crippen molar-refractivity contribution >= 4 is 11.6 Å². The molecule has 0 aromatic heterocycles. The Bertz CT molecular complexity index is 472. The second kappa shape index (κ2) is 7.75. The number of nitrogens with two attached hydrogens (primary N) is 1. The van der Waals surface area contributed by atoms with Gasteiger partial charge in [0, 0.05) is 24.3 Å². The van der Waals surface area contributed by atoms with E-state index in [1.807, 2.05) is 35.2 Å². The molecule has 0 aliphatic carbocycles. The maximum Gasteiger partial charge on any atom is 0.241 e. The van der Waals surface area contributed by atoms with Crippen molar-refractivity contribution in [3.05, 3.63) is 30.3 Å². The fraction of sp³-hybridized carbons (Fsp3) is 0.611. The highest BCUT2D eigenvalue weighted by atomic mass is 16.2. The number of amides is 1. The van der Waals surface area contributed by atoms with Gasteiger partial charge in [0.05, 0.1) is 6.54 Å². The normalized spacial score (nSPS) is 20.9. The number of carbonyl (C=O) groups is 1. The first kappa shape index (κ1) is 17.0. The second-order valence-electron chi connectivity index (χ2n) is 6.69. The molecule has 2 unspecified atom stereocenters. The van der Waals surface area contributed by atoms with Crippen molar-refractivity contribution in [3.8, 4) is 0 Å². The maximum atomic E-state index is 12.8. The van der Waals surface area contributed by atoms with Crippen LogP contribution < -0.4 is 10.6 Å². The molecule has 1 fully saturated rings. The first-order valence-electron chi connectivity index (χ1n) is 8.34. The Labute approximate surface area is 134 Å². The monoisotopic (exact) mass is 303 g/mol. The molecule has 2 N–H and O–H groups in total. The zero-order chi connectivity index (χ0) is 16.1. The van der Waals surface area contributed by atoms with Crippen LogP contribution in [0.4, 0.5) is 5.69 Å². The van der Waals surface area contributed by atoms with E-state index in [0.29, 0.717) is 12.5 Å². The molecule has 1 saturated heterocycles. The Morgan fingerprint density at radius 1 is 1.32 bits per heavy atom. The first-order valence-corrected chi connectivity index (χ1v) is 8.34. The number of carbonyl (C=O) groups excluding carboxylic acids is 1. The van der Waals surface area contributed by atoms with E-state index in [1.54, 1.807) is 0 Å². The minimum absolute atomic E-state index is 0.156. The van der Waals surface area contributed by atoms with Gasteiger partial charge in [0.25, 0.3) is 0 Å². The van der Waals surface area contributed by atoms with Gasteiger partial charge < -0.3 is 10.6 Å². The van der Waals surface area contributed by atoms with Crippen molar-refractivity contribution in [2.24, 2.45) is 11.7 Å². The highest BCUT2D eigenvalue weighted by molar-refractivity contribution is 5.95. The summed E-state index contributed by atoms with van der Waals surface area (Å²) >= 11 is 0. The van der Waals surface area contributed by atoms with Gasteiger partial charge in [0.1, 0.15) is 0 Å². The van der Waals surface area contributed by atoms with Gasteiger partial charge in [-0.3, -0.25) is 9.69 Å². The molecular formula is C18H29N3O. The van der Waals surface area contributed by atoms with E-state index in [9.17, 15) is 4.79 Å². The smallest absolute Gasteiger partial charge is 0.241 e. The second-order valence-corrected chi connectivity index (χ2v) is 6.69. The number of nitrogens with zero attached hydrogens (tertiary/aromatic N) is 2. The van der Waals surface area contributed by atoms with Crippen LogP contribution in [0.15, 0.2) is 30.3 Å². The van der Waals surface area contributed by atoms with Crippen molar-refractivity contribution in [2.45, 2.75) is 45.7 Å². The number of para-hydroxylation sites is 1. The van der Waals surface area contributed by atoms with Gasteiger partial charge in [-0.05, 0) is 58.2 Å². The van der Waals surface area contributed by atoms with Gasteiger partial charge in [-0.25, -0.2) is 0 Å². The zero-order valence-corrected chi connectivity index (χ0v) is 14.0. The van der Waals surface area contributed by atoms with Gasteiger partial charge in [-0.1, -0.05) is 18.2 Å². The van der Waals surface area contributed by atoms with Crippen LogP contribution in [0.3, 0.4) is 0 Å². The summed E-state index contributed by atoms with van der Waals surface area (Å²) in [6.07, 6.45) is 2.31.